The number of likely N-dealkylation sites (tertiary alicyclic amines) is 1. The first-order valence-electron chi connectivity index (χ1n) is 8.54. The first kappa shape index (κ1) is 14.1. The average Bonchev–Trinajstić information content (AvgIpc) is 3.35. The van der Waals surface area contributed by atoms with Gasteiger partial charge in [0.05, 0.1) is 6.04 Å². The molecule has 2 saturated carbocycles. The van der Waals surface area contributed by atoms with Gasteiger partial charge in [-0.15, -0.1) is 0 Å². The third kappa shape index (κ3) is 2.51. The predicted octanol–water partition coefficient (Wildman–Crippen LogP) is 4.63. The summed E-state index contributed by atoms with van der Waals surface area (Å²) in [6.45, 7) is 5.83. The highest BCUT2D eigenvalue weighted by molar-refractivity contribution is 5.71. The maximum atomic E-state index is 12.7. The van der Waals surface area contributed by atoms with Crippen LogP contribution in [0.15, 0.2) is 24.3 Å². The van der Waals surface area contributed by atoms with Crippen LogP contribution in [0.4, 0.5) is 4.79 Å². The molecule has 0 bridgehead atoms. The van der Waals surface area contributed by atoms with Crippen molar-refractivity contribution in [3.05, 3.63) is 35.4 Å². The Kier molecular flexibility index (Phi) is 3.04. The quantitative estimate of drug-likeness (QED) is 0.796. The SMILES string of the molecule is CC(C)(C)OC(=O)N1C(c2ccccc2C2CC2)CC2CC21. The minimum atomic E-state index is -0.426. The molecule has 3 heteroatoms. The molecule has 0 spiro atoms. The summed E-state index contributed by atoms with van der Waals surface area (Å²) in [5.74, 6) is 1.40. The van der Waals surface area contributed by atoms with Crippen LogP contribution in [0.2, 0.25) is 0 Å². The first-order chi connectivity index (χ1) is 10.4. The van der Waals surface area contributed by atoms with Crippen LogP contribution in [0, 0.1) is 5.92 Å². The van der Waals surface area contributed by atoms with Crippen molar-refractivity contribution in [2.75, 3.05) is 0 Å². The molecule has 0 radical (unpaired) electrons. The molecule has 3 aliphatic rings. The molecule has 4 rings (SSSR count). The minimum absolute atomic E-state index is 0.131. The van der Waals surface area contributed by atoms with Crippen LogP contribution in [0.5, 0.6) is 0 Å². The van der Waals surface area contributed by atoms with E-state index in [0.717, 1.165) is 12.8 Å². The Morgan fingerprint density at radius 3 is 2.45 bits per heavy atom. The van der Waals surface area contributed by atoms with E-state index in [1.165, 1.54) is 24.0 Å². The fourth-order valence-corrected chi connectivity index (χ4v) is 3.89. The Balaban J connectivity index is 1.62. The summed E-state index contributed by atoms with van der Waals surface area (Å²) < 4.78 is 5.67. The third-order valence-electron chi connectivity index (χ3n) is 5.08. The largest absolute Gasteiger partial charge is 0.444 e. The molecule has 2 aliphatic carbocycles. The van der Waals surface area contributed by atoms with Gasteiger partial charge >= 0.3 is 6.09 Å². The highest BCUT2D eigenvalue weighted by Gasteiger charge is 2.55. The highest BCUT2D eigenvalue weighted by atomic mass is 16.6. The second kappa shape index (κ2) is 4.74. The molecule has 1 amide bonds. The van der Waals surface area contributed by atoms with Crippen LogP contribution < -0.4 is 0 Å². The van der Waals surface area contributed by atoms with Crippen LogP contribution in [0.1, 0.15) is 69.5 Å². The minimum Gasteiger partial charge on any atom is -0.444 e. The van der Waals surface area contributed by atoms with Crippen molar-refractivity contribution in [2.45, 2.75) is 70.1 Å². The van der Waals surface area contributed by atoms with Crippen molar-refractivity contribution in [1.82, 2.24) is 4.90 Å². The molecule has 3 fully saturated rings. The van der Waals surface area contributed by atoms with Crippen molar-refractivity contribution in [3.8, 4) is 0 Å². The Morgan fingerprint density at radius 2 is 1.82 bits per heavy atom. The number of fused-ring (bicyclic) bond motifs is 1. The van der Waals surface area contributed by atoms with E-state index in [0.29, 0.717) is 17.9 Å². The molecular formula is C19H25NO2. The number of ether oxygens (including phenoxy) is 1. The molecule has 118 valence electrons. The maximum Gasteiger partial charge on any atom is 0.411 e. The van der Waals surface area contributed by atoms with E-state index < -0.39 is 5.60 Å². The van der Waals surface area contributed by atoms with E-state index in [9.17, 15) is 4.79 Å². The number of amides is 1. The molecule has 3 unspecified atom stereocenters. The highest BCUT2D eigenvalue weighted by Crippen LogP contribution is 2.55. The lowest BCUT2D eigenvalue weighted by Gasteiger charge is -2.31. The van der Waals surface area contributed by atoms with Crippen molar-refractivity contribution < 1.29 is 9.53 Å². The summed E-state index contributed by atoms with van der Waals surface area (Å²) in [5.41, 5.74) is 2.40. The van der Waals surface area contributed by atoms with Crippen LogP contribution in [-0.4, -0.2) is 22.6 Å². The second-order valence-electron chi connectivity index (χ2n) is 8.11. The Labute approximate surface area is 132 Å². The van der Waals surface area contributed by atoms with Gasteiger partial charge in [0.2, 0.25) is 0 Å². The van der Waals surface area contributed by atoms with E-state index in [2.05, 4.69) is 24.3 Å². The second-order valence-corrected chi connectivity index (χ2v) is 8.11. The van der Waals surface area contributed by atoms with Crippen molar-refractivity contribution >= 4 is 6.09 Å². The number of nitrogens with zero attached hydrogens (tertiary/aromatic N) is 1. The molecule has 22 heavy (non-hydrogen) atoms. The Morgan fingerprint density at radius 1 is 1.14 bits per heavy atom. The van der Waals surface area contributed by atoms with Crippen molar-refractivity contribution in [2.24, 2.45) is 5.92 Å². The van der Waals surface area contributed by atoms with Gasteiger partial charge in [-0.2, -0.15) is 0 Å². The topological polar surface area (TPSA) is 29.5 Å². The molecule has 0 N–H and O–H groups in total. The van der Waals surface area contributed by atoms with Gasteiger partial charge in [-0.1, -0.05) is 24.3 Å². The number of rotatable bonds is 2. The van der Waals surface area contributed by atoms with Crippen LogP contribution in [-0.2, 0) is 4.74 Å². The van der Waals surface area contributed by atoms with Gasteiger partial charge in [-0.05, 0) is 69.4 Å². The zero-order chi connectivity index (χ0) is 15.5. The van der Waals surface area contributed by atoms with Gasteiger partial charge in [-0.3, -0.25) is 4.90 Å². The smallest absolute Gasteiger partial charge is 0.411 e. The van der Waals surface area contributed by atoms with E-state index in [1.54, 1.807) is 0 Å². The number of carbonyl (C=O) groups is 1. The fourth-order valence-electron chi connectivity index (χ4n) is 3.89. The van der Waals surface area contributed by atoms with Crippen LogP contribution in [0.3, 0.4) is 0 Å². The Bertz CT molecular complexity index is 600. The lowest BCUT2D eigenvalue weighted by Crippen LogP contribution is -2.38. The molecule has 1 heterocycles. The monoisotopic (exact) mass is 299 g/mol. The molecule has 1 aliphatic heterocycles. The fraction of sp³-hybridized carbons (Fsp3) is 0.632. The third-order valence-corrected chi connectivity index (χ3v) is 5.08. The van der Waals surface area contributed by atoms with E-state index in [-0.39, 0.29) is 12.1 Å². The molecule has 0 aromatic heterocycles. The molecule has 3 atom stereocenters. The molecule has 1 aromatic carbocycles. The molecule has 1 saturated heterocycles. The van der Waals surface area contributed by atoms with Gasteiger partial charge in [0.1, 0.15) is 5.60 Å². The van der Waals surface area contributed by atoms with Crippen molar-refractivity contribution in [3.63, 3.8) is 0 Å². The number of carbonyl (C=O) groups excluding carboxylic acids is 1. The summed E-state index contributed by atoms with van der Waals surface area (Å²) in [7, 11) is 0. The average molecular weight is 299 g/mol. The van der Waals surface area contributed by atoms with E-state index in [1.807, 2.05) is 25.7 Å². The number of hydrogen-bond acceptors (Lipinski definition) is 2. The zero-order valence-electron chi connectivity index (χ0n) is 13.7. The van der Waals surface area contributed by atoms with Gasteiger partial charge < -0.3 is 4.74 Å². The van der Waals surface area contributed by atoms with Crippen molar-refractivity contribution in [1.29, 1.82) is 0 Å². The number of benzene rings is 1. The van der Waals surface area contributed by atoms with E-state index in [4.69, 9.17) is 4.74 Å². The summed E-state index contributed by atoms with van der Waals surface area (Å²) in [6, 6.07) is 9.34. The normalized spacial score (nSPS) is 30.1. The molecular weight excluding hydrogens is 274 g/mol. The predicted molar refractivity (Wildman–Crippen MR) is 85.7 cm³/mol. The number of hydrogen-bond donors (Lipinski definition) is 0. The standard InChI is InChI=1S/C19H25NO2/c1-19(2,3)22-18(21)20-16-10-13(16)11-17(20)15-7-5-4-6-14(15)12-8-9-12/h4-7,12-13,16-17H,8-11H2,1-3H3. The number of piperidine rings is 1. The maximum absolute atomic E-state index is 12.7. The summed E-state index contributed by atoms with van der Waals surface area (Å²) in [6.07, 6.45) is 4.72. The molecule has 3 nitrogen and oxygen atoms in total. The van der Waals surface area contributed by atoms with Crippen LogP contribution in [0.25, 0.3) is 0 Å². The van der Waals surface area contributed by atoms with Gasteiger partial charge in [0.15, 0.2) is 0 Å². The van der Waals surface area contributed by atoms with Gasteiger partial charge in [-0.25, -0.2) is 4.79 Å². The van der Waals surface area contributed by atoms with Crippen LogP contribution >= 0.6 is 0 Å². The summed E-state index contributed by atoms with van der Waals surface area (Å²) >= 11 is 0. The lowest BCUT2D eigenvalue weighted by molar-refractivity contribution is 0.0181. The summed E-state index contributed by atoms with van der Waals surface area (Å²) in [4.78, 5) is 14.7. The Hall–Kier alpha value is -1.51. The molecule has 1 aromatic rings. The lowest BCUT2D eigenvalue weighted by atomic mass is 9.94. The zero-order valence-corrected chi connectivity index (χ0v) is 13.7. The van der Waals surface area contributed by atoms with Gasteiger partial charge in [0, 0.05) is 6.04 Å². The van der Waals surface area contributed by atoms with E-state index >= 15 is 0 Å². The summed E-state index contributed by atoms with van der Waals surface area (Å²) in [5, 5.41) is 0. The first-order valence-corrected chi connectivity index (χ1v) is 8.54. The van der Waals surface area contributed by atoms with Gasteiger partial charge in [0.25, 0.3) is 0 Å².